The molecule has 0 aliphatic rings. The van der Waals surface area contributed by atoms with Gasteiger partial charge in [-0.2, -0.15) is 5.26 Å². The lowest BCUT2D eigenvalue weighted by Crippen LogP contribution is -2.00. The van der Waals surface area contributed by atoms with Crippen LogP contribution in [0.5, 0.6) is 5.75 Å². The first-order valence-corrected chi connectivity index (χ1v) is 5.65. The van der Waals surface area contributed by atoms with Gasteiger partial charge in [-0.25, -0.2) is 4.39 Å². The van der Waals surface area contributed by atoms with Crippen LogP contribution in [0.2, 0.25) is 5.02 Å². The number of para-hydroxylation sites is 1. The van der Waals surface area contributed by atoms with E-state index in [-0.39, 0.29) is 11.6 Å². The van der Waals surface area contributed by atoms with Crippen molar-refractivity contribution < 1.29 is 9.13 Å². The molecule has 0 bridgehead atoms. The third kappa shape index (κ3) is 2.61. The summed E-state index contributed by atoms with van der Waals surface area (Å²) >= 11 is 5.67. The standard InChI is InChI=1S/C14H9ClFNO/c15-12-6-3-5-11(14(12)16)9-18-13-7-2-1-4-10(13)8-17/h1-7H,9H2. The number of ether oxygens (including phenoxy) is 1. The molecule has 4 heteroatoms. The van der Waals surface area contributed by atoms with Crippen LogP contribution in [0.1, 0.15) is 11.1 Å². The van der Waals surface area contributed by atoms with Gasteiger partial charge in [0.25, 0.3) is 0 Å². The number of nitrogens with zero attached hydrogens (tertiary/aromatic N) is 1. The maximum atomic E-state index is 13.6. The predicted molar refractivity (Wildman–Crippen MR) is 66.9 cm³/mol. The first-order valence-electron chi connectivity index (χ1n) is 5.27. The number of nitriles is 1. The van der Waals surface area contributed by atoms with Crippen LogP contribution in [0.3, 0.4) is 0 Å². The van der Waals surface area contributed by atoms with Crippen molar-refractivity contribution in [3.05, 3.63) is 64.4 Å². The second-order valence-electron chi connectivity index (χ2n) is 3.61. The van der Waals surface area contributed by atoms with Crippen molar-refractivity contribution in [3.63, 3.8) is 0 Å². The van der Waals surface area contributed by atoms with Crippen LogP contribution < -0.4 is 4.74 Å². The van der Waals surface area contributed by atoms with Crippen molar-refractivity contribution in [3.8, 4) is 11.8 Å². The molecule has 0 saturated carbocycles. The molecule has 0 fully saturated rings. The molecule has 0 aliphatic carbocycles. The highest BCUT2D eigenvalue weighted by atomic mass is 35.5. The maximum absolute atomic E-state index is 13.6. The molecule has 18 heavy (non-hydrogen) atoms. The number of hydrogen-bond donors (Lipinski definition) is 0. The van der Waals surface area contributed by atoms with Crippen molar-refractivity contribution in [2.75, 3.05) is 0 Å². The first-order chi connectivity index (χ1) is 8.72. The van der Waals surface area contributed by atoms with Crippen LogP contribution in [0.25, 0.3) is 0 Å². The Morgan fingerprint density at radius 3 is 2.72 bits per heavy atom. The zero-order valence-corrected chi connectivity index (χ0v) is 10.1. The van der Waals surface area contributed by atoms with Crippen LogP contribution >= 0.6 is 11.6 Å². The lowest BCUT2D eigenvalue weighted by Gasteiger charge is -2.08. The third-order valence-corrected chi connectivity index (χ3v) is 2.71. The Morgan fingerprint density at radius 2 is 1.94 bits per heavy atom. The second-order valence-corrected chi connectivity index (χ2v) is 4.02. The summed E-state index contributed by atoms with van der Waals surface area (Å²) in [6.07, 6.45) is 0. The average Bonchev–Trinajstić information content (AvgIpc) is 2.41. The van der Waals surface area contributed by atoms with E-state index in [1.54, 1.807) is 36.4 Å². The number of benzene rings is 2. The van der Waals surface area contributed by atoms with Gasteiger partial charge in [0.15, 0.2) is 0 Å². The van der Waals surface area contributed by atoms with Crippen molar-refractivity contribution in [1.82, 2.24) is 0 Å². The molecule has 0 radical (unpaired) electrons. The van der Waals surface area contributed by atoms with Gasteiger partial charge in [0.05, 0.1) is 10.6 Å². The van der Waals surface area contributed by atoms with E-state index in [0.717, 1.165) is 0 Å². The lowest BCUT2D eigenvalue weighted by atomic mass is 10.2. The summed E-state index contributed by atoms with van der Waals surface area (Å²) in [4.78, 5) is 0. The summed E-state index contributed by atoms with van der Waals surface area (Å²) in [5, 5.41) is 8.95. The Bertz CT molecular complexity index is 607. The molecule has 0 spiro atoms. The highest BCUT2D eigenvalue weighted by molar-refractivity contribution is 6.30. The summed E-state index contributed by atoms with van der Waals surface area (Å²) in [6.45, 7) is 0.0328. The van der Waals surface area contributed by atoms with Gasteiger partial charge >= 0.3 is 0 Å². The Morgan fingerprint density at radius 1 is 1.17 bits per heavy atom. The van der Waals surface area contributed by atoms with Crippen molar-refractivity contribution in [2.45, 2.75) is 6.61 Å². The molecule has 90 valence electrons. The zero-order chi connectivity index (χ0) is 13.0. The quantitative estimate of drug-likeness (QED) is 0.839. The Kier molecular flexibility index (Phi) is 3.81. The molecule has 0 N–H and O–H groups in total. The van der Waals surface area contributed by atoms with Crippen LogP contribution in [0, 0.1) is 17.1 Å². The highest BCUT2D eigenvalue weighted by Crippen LogP contribution is 2.21. The predicted octanol–water partition coefficient (Wildman–Crippen LogP) is 3.93. The fourth-order valence-corrected chi connectivity index (χ4v) is 1.69. The molecule has 0 aromatic heterocycles. The second kappa shape index (κ2) is 5.52. The van der Waals surface area contributed by atoms with Crippen molar-refractivity contribution in [2.24, 2.45) is 0 Å². The number of halogens is 2. The molecule has 0 amide bonds. The molecule has 2 nitrogen and oxygen atoms in total. The van der Waals surface area contributed by atoms with Crippen molar-refractivity contribution >= 4 is 11.6 Å². The molecule has 2 aromatic carbocycles. The van der Waals surface area contributed by atoms with E-state index in [1.807, 2.05) is 6.07 Å². The lowest BCUT2D eigenvalue weighted by molar-refractivity contribution is 0.299. The first kappa shape index (κ1) is 12.4. The molecule has 0 saturated heterocycles. The molecule has 0 atom stereocenters. The van der Waals surface area contributed by atoms with Gasteiger partial charge in [-0.15, -0.1) is 0 Å². The van der Waals surface area contributed by atoms with E-state index in [1.165, 1.54) is 6.07 Å². The minimum Gasteiger partial charge on any atom is -0.487 e. The minimum absolute atomic E-state index is 0.0328. The van der Waals surface area contributed by atoms with Gasteiger partial charge < -0.3 is 4.74 Å². The van der Waals surface area contributed by atoms with Gasteiger partial charge in [0.2, 0.25) is 0 Å². The van der Waals surface area contributed by atoms with Crippen molar-refractivity contribution in [1.29, 1.82) is 5.26 Å². The fourth-order valence-electron chi connectivity index (χ4n) is 1.50. The molecule has 2 aromatic rings. The van der Waals surface area contributed by atoms with E-state index in [0.29, 0.717) is 16.9 Å². The van der Waals surface area contributed by atoms with Crippen LogP contribution in [0.15, 0.2) is 42.5 Å². The molecule has 0 unspecified atom stereocenters. The maximum Gasteiger partial charge on any atom is 0.148 e. The molecular weight excluding hydrogens is 253 g/mol. The van der Waals surface area contributed by atoms with Crippen LogP contribution in [-0.2, 0) is 6.61 Å². The monoisotopic (exact) mass is 261 g/mol. The van der Waals surface area contributed by atoms with Gasteiger partial charge in [-0.05, 0) is 18.2 Å². The number of hydrogen-bond acceptors (Lipinski definition) is 2. The highest BCUT2D eigenvalue weighted by Gasteiger charge is 2.08. The van der Waals surface area contributed by atoms with Crippen LogP contribution in [0.4, 0.5) is 4.39 Å². The van der Waals surface area contributed by atoms with E-state index in [9.17, 15) is 4.39 Å². The Labute approximate surface area is 109 Å². The van der Waals surface area contributed by atoms with Gasteiger partial charge in [0.1, 0.15) is 24.2 Å². The van der Waals surface area contributed by atoms with E-state index in [4.69, 9.17) is 21.6 Å². The SMILES string of the molecule is N#Cc1ccccc1OCc1cccc(Cl)c1F. The summed E-state index contributed by atoms with van der Waals surface area (Å²) < 4.78 is 19.0. The average molecular weight is 262 g/mol. The van der Waals surface area contributed by atoms with Gasteiger partial charge in [-0.1, -0.05) is 35.9 Å². The molecule has 0 heterocycles. The molecule has 2 rings (SSSR count). The number of rotatable bonds is 3. The summed E-state index contributed by atoms with van der Waals surface area (Å²) in [7, 11) is 0. The third-order valence-electron chi connectivity index (χ3n) is 2.42. The molecule has 0 aliphatic heterocycles. The summed E-state index contributed by atoms with van der Waals surface area (Å²) in [5.74, 6) is -0.0621. The largest absolute Gasteiger partial charge is 0.487 e. The zero-order valence-electron chi connectivity index (χ0n) is 9.36. The van der Waals surface area contributed by atoms with Crippen LogP contribution in [-0.4, -0.2) is 0 Å². The Balaban J connectivity index is 2.17. The van der Waals surface area contributed by atoms with E-state index >= 15 is 0 Å². The summed E-state index contributed by atoms with van der Waals surface area (Å²) in [6, 6.07) is 13.5. The molecular formula is C14H9ClFNO. The minimum atomic E-state index is -0.492. The fraction of sp³-hybridized carbons (Fsp3) is 0.0714. The topological polar surface area (TPSA) is 33.0 Å². The Hall–Kier alpha value is -2.05. The van der Waals surface area contributed by atoms with E-state index < -0.39 is 5.82 Å². The smallest absolute Gasteiger partial charge is 0.148 e. The normalized spacial score (nSPS) is 9.83. The van der Waals surface area contributed by atoms with E-state index in [2.05, 4.69) is 0 Å². The van der Waals surface area contributed by atoms with Gasteiger partial charge in [0, 0.05) is 5.56 Å². The summed E-state index contributed by atoms with van der Waals surface area (Å²) in [5.41, 5.74) is 0.773. The van der Waals surface area contributed by atoms with Gasteiger partial charge in [-0.3, -0.25) is 0 Å².